The van der Waals surface area contributed by atoms with Gasteiger partial charge in [-0.05, 0) is 30.9 Å². The van der Waals surface area contributed by atoms with Crippen LogP contribution in [-0.2, 0) is 29.3 Å². The number of hydrogen-bond donors (Lipinski definition) is 3. The first kappa shape index (κ1) is 33.3. The van der Waals surface area contributed by atoms with E-state index in [1.807, 2.05) is 54.6 Å². The molecule has 2 aliphatic heterocycles. The predicted octanol–water partition coefficient (Wildman–Crippen LogP) is -3.45. The van der Waals surface area contributed by atoms with Crippen LogP contribution >= 0.6 is 23.1 Å². The van der Waals surface area contributed by atoms with Crippen LogP contribution in [0.2, 0.25) is 0 Å². The minimum Gasteiger partial charge on any atom is -1.00 e. The SMILES string of the molecule is CSc1c2sc(C3=C(C(=O)O)N4C(=O)[C@H]([C@@H](C)O)[C@H]4[C@H]3C)c[n+]2cn1Cc1cccc(C[n+]2cccc(CO)c2)c1.[Br-].[Br-]. The Labute approximate surface area is 278 Å². The third-order valence-electron chi connectivity index (χ3n) is 8.05. The molecule has 9 nitrogen and oxygen atoms in total. The number of β-lactam (4-membered cyclic amide) rings is 1. The molecule has 5 heterocycles. The smallest absolute Gasteiger partial charge is 0.352 e. The van der Waals surface area contributed by atoms with E-state index in [0.29, 0.717) is 18.7 Å². The fourth-order valence-corrected chi connectivity index (χ4v) is 8.45. The minimum absolute atomic E-state index is 0. The van der Waals surface area contributed by atoms with E-state index in [-0.39, 0.29) is 64.1 Å². The van der Waals surface area contributed by atoms with Gasteiger partial charge < -0.3 is 54.2 Å². The Morgan fingerprint density at radius 2 is 1.86 bits per heavy atom. The van der Waals surface area contributed by atoms with Crippen molar-refractivity contribution in [2.75, 3.05) is 6.26 Å². The number of thiazole rings is 1. The van der Waals surface area contributed by atoms with E-state index in [1.165, 1.54) is 16.2 Å². The summed E-state index contributed by atoms with van der Waals surface area (Å²) in [7, 11) is 0. The van der Waals surface area contributed by atoms with Crippen molar-refractivity contribution in [3.63, 3.8) is 0 Å². The van der Waals surface area contributed by atoms with Gasteiger partial charge in [0.15, 0.2) is 18.9 Å². The van der Waals surface area contributed by atoms with Crippen LogP contribution in [0.3, 0.4) is 0 Å². The summed E-state index contributed by atoms with van der Waals surface area (Å²) in [6.07, 6.45) is 9.14. The van der Waals surface area contributed by atoms with E-state index in [1.54, 1.807) is 18.7 Å². The summed E-state index contributed by atoms with van der Waals surface area (Å²) in [5.41, 5.74) is 3.88. The van der Waals surface area contributed by atoms with Crippen LogP contribution in [0.15, 0.2) is 72.0 Å². The highest BCUT2D eigenvalue weighted by molar-refractivity contribution is 7.98. The molecule has 228 valence electrons. The highest BCUT2D eigenvalue weighted by Crippen LogP contribution is 2.51. The fourth-order valence-electron chi connectivity index (χ4n) is 6.27. The number of pyridine rings is 1. The number of benzene rings is 1. The average molecular weight is 753 g/mol. The predicted molar refractivity (Wildman–Crippen MR) is 154 cm³/mol. The molecule has 0 bridgehead atoms. The third-order valence-corrected chi connectivity index (χ3v) is 10.1. The third kappa shape index (κ3) is 5.83. The van der Waals surface area contributed by atoms with E-state index in [2.05, 4.69) is 33.4 Å². The number of halogens is 2. The molecule has 6 rings (SSSR count). The van der Waals surface area contributed by atoms with Gasteiger partial charge >= 0.3 is 5.97 Å². The Kier molecular flexibility index (Phi) is 10.2. The molecular weight excluding hydrogens is 720 g/mol. The van der Waals surface area contributed by atoms with Crippen LogP contribution in [0.25, 0.3) is 10.4 Å². The summed E-state index contributed by atoms with van der Waals surface area (Å²) in [5, 5.41) is 30.8. The van der Waals surface area contributed by atoms with E-state index in [4.69, 9.17) is 0 Å². The molecule has 0 saturated carbocycles. The van der Waals surface area contributed by atoms with E-state index < -0.39 is 18.0 Å². The molecule has 13 heteroatoms. The zero-order valence-corrected chi connectivity index (χ0v) is 28.5. The first-order chi connectivity index (χ1) is 19.7. The van der Waals surface area contributed by atoms with Gasteiger partial charge in [0.05, 0.1) is 29.5 Å². The van der Waals surface area contributed by atoms with Gasteiger partial charge in [-0.3, -0.25) is 4.79 Å². The maximum absolute atomic E-state index is 12.8. The quantitative estimate of drug-likeness (QED) is 0.0934. The minimum atomic E-state index is -1.12. The molecule has 0 radical (unpaired) electrons. The van der Waals surface area contributed by atoms with Gasteiger partial charge in [0.2, 0.25) is 15.8 Å². The summed E-state index contributed by atoms with van der Waals surface area (Å²) >= 11 is 3.17. The first-order valence-electron chi connectivity index (χ1n) is 13.4. The second-order valence-corrected chi connectivity index (χ2v) is 12.6. The number of carbonyl (C=O) groups is 2. The number of aliphatic carboxylic acids is 1. The molecular formula is C30H32Br2N4O5S2. The number of aliphatic hydroxyl groups excluding tert-OH is 2. The van der Waals surface area contributed by atoms with Crippen LogP contribution in [0.4, 0.5) is 0 Å². The van der Waals surface area contributed by atoms with Gasteiger partial charge in [-0.15, -0.1) is 0 Å². The Bertz CT molecular complexity index is 1720. The lowest BCUT2D eigenvalue weighted by Gasteiger charge is -2.46. The van der Waals surface area contributed by atoms with E-state index >= 15 is 0 Å². The van der Waals surface area contributed by atoms with Gasteiger partial charge in [0, 0.05) is 28.7 Å². The highest BCUT2D eigenvalue weighted by atomic mass is 79.9. The molecule has 0 spiro atoms. The number of rotatable bonds is 9. The Morgan fingerprint density at radius 3 is 2.53 bits per heavy atom. The number of amides is 1. The molecule has 1 fully saturated rings. The van der Waals surface area contributed by atoms with Crippen LogP contribution in [0.1, 0.15) is 35.4 Å². The van der Waals surface area contributed by atoms with Crippen molar-refractivity contribution in [2.45, 2.75) is 50.7 Å². The maximum Gasteiger partial charge on any atom is 0.352 e. The maximum atomic E-state index is 12.8. The Morgan fingerprint density at radius 1 is 1.14 bits per heavy atom. The van der Waals surface area contributed by atoms with E-state index in [0.717, 1.165) is 31.4 Å². The summed E-state index contributed by atoms with van der Waals surface area (Å²) in [4.78, 5) is 28.3. The lowest BCUT2D eigenvalue weighted by atomic mass is 9.77. The zero-order valence-electron chi connectivity index (χ0n) is 23.7. The van der Waals surface area contributed by atoms with Crippen molar-refractivity contribution in [3.8, 4) is 0 Å². The second kappa shape index (κ2) is 13.2. The number of carbonyl (C=O) groups excluding carboxylic acids is 1. The summed E-state index contributed by atoms with van der Waals surface area (Å²) in [6.45, 7) is 4.92. The lowest BCUT2D eigenvalue weighted by Crippen LogP contribution is -3.00. The van der Waals surface area contributed by atoms with Crippen LogP contribution < -0.4 is 42.9 Å². The molecule has 1 amide bonds. The Balaban J connectivity index is 0.00000212. The number of imidazole rings is 1. The van der Waals surface area contributed by atoms with Crippen molar-refractivity contribution in [3.05, 3.63) is 88.6 Å². The van der Waals surface area contributed by atoms with Crippen molar-refractivity contribution < 1.29 is 67.8 Å². The van der Waals surface area contributed by atoms with E-state index in [9.17, 15) is 24.9 Å². The Hall–Kier alpha value is -2.55. The van der Waals surface area contributed by atoms with Crippen molar-refractivity contribution in [1.29, 1.82) is 0 Å². The number of hydrogen-bond acceptors (Lipinski definition) is 6. The monoisotopic (exact) mass is 750 g/mol. The molecule has 0 unspecified atom stereocenters. The number of nitrogens with zero attached hydrogens (tertiary/aromatic N) is 4. The number of carboxylic acids is 1. The lowest BCUT2D eigenvalue weighted by molar-refractivity contribution is -0.688. The summed E-state index contributed by atoms with van der Waals surface area (Å²) in [5.74, 6) is -2.23. The first-order valence-corrected chi connectivity index (χ1v) is 15.5. The van der Waals surface area contributed by atoms with Gasteiger partial charge in [-0.2, -0.15) is 4.40 Å². The van der Waals surface area contributed by atoms with Crippen LogP contribution in [0, 0.1) is 11.8 Å². The molecule has 3 N–H and O–H groups in total. The van der Waals surface area contributed by atoms with Crippen LogP contribution in [-0.4, -0.2) is 55.1 Å². The molecule has 2 aliphatic rings. The van der Waals surface area contributed by atoms with Gasteiger partial charge in [0.25, 0.3) is 6.33 Å². The van der Waals surface area contributed by atoms with Crippen LogP contribution in [0.5, 0.6) is 0 Å². The van der Waals surface area contributed by atoms with Crippen molar-refractivity contribution >= 4 is 45.4 Å². The number of thioether (sulfide) groups is 1. The topological polar surface area (TPSA) is 111 Å². The fraction of sp³-hybridized carbons (Fsp3) is 0.333. The number of carboxylic acid groups (broad SMARTS) is 1. The molecule has 3 aromatic heterocycles. The van der Waals surface area contributed by atoms with Gasteiger partial charge in [-0.25, -0.2) is 13.9 Å². The van der Waals surface area contributed by atoms with Crippen molar-refractivity contribution in [1.82, 2.24) is 9.47 Å². The molecule has 43 heavy (non-hydrogen) atoms. The van der Waals surface area contributed by atoms with Crippen molar-refractivity contribution in [2.24, 2.45) is 11.8 Å². The second-order valence-electron chi connectivity index (χ2n) is 10.7. The summed E-state index contributed by atoms with van der Waals surface area (Å²) < 4.78 is 6.29. The molecule has 4 aromatic rings. The average Bonchev–Trinajstić information content (AvgIpc) is 3.55. The summed E-state index contributed by atoms with van der Waals surface area (Å²) in [6, 6.07) is 12.0. The van der Waals surface area contributed by atoms with Gasteiger partial charge in [0.1, 0.15) is 18.4 Å². The normalized spacial score (nSPS) is 20.0. The molecule has 4 atom stereocenters. The molecule has 1 saturated heterocycles. The largest absolute Gasteiger partial charge is 1.00 e. The highest BCUT2D eigenvalue weighted by Gasteiger charge is 2.60. The zero-order chi connectivity index (χ0) is 29.0. The standard InChI is InChI=1S/C30H31N4O5S2.2BrH/c1-17-23(26(30(38)39)34-25(17)24(18(2)36)27(34)37)22-14-33-16-32(28(40-3)29(33)41-22)13-20-7-4-6-19(10-20)11-31-9-5-8-21(12-31)15-35;;/h4-10,12,14,16-18,24-25,35-36H,11,13,15H2,1-3H3;2*1H/q+1;;/p-1/t17-,18+,24+,25+;;/m0../s1. The van der Waals surface area contributed by atoms with Gasteiger partial charge in [-0.1, -0.05) is 48.2 Å². The number of fused-ring (bicyclic) bond motifs is 2. The molecule has 0 aliphatic carbocycles. The number of aliphatic hydroxyl groups is 2. The number of aromatic nitrogens is 3. The molecule has 1 aromatic carbocycles.